The van der Waals surface area contributed by atoms with Crippen molar-refractivity contribution in [2.45, 2.75) is 70.5 Å². The SMILES string of the molecule is COC(=O)/C=C/CCC(NC(=O)c1cc(Br)cs1)C(=O)Nc1cccn(CC(=O)NC2C(C)CC3CCCC2C3)c1=O. The lowest BCUT2D eigenvalue weighted by molar-refractivity contribution is -0.134. The third-order valence-corrected chi connectivity index (χ3v) is 9.75. The number of rotatable bonds is 11. The van der Waals surface area contributed by atoms with E-state index >= 15 is 0 Å². The number of pyridine rings is 1. The first-order chi connectivity index (χ1) is 20.1. The first-order valence-electron chi connectivity index (χ1n) is 14.2. The fourth-order valence-electron chi connectivity index (χ4n) is 6.07. The fraction of sp³-hybridized carbons (Fsp3) is 0.500. The zero-order valence-corrected chi connectivity index (χ0v) is 26.2. The number of fused-ring (bicyclic) bond motifs is 2. The van der Waals surface area contributed by atoms with Gasteiger partial charge >= 0.3 is 5.97 Å². The number of hydrogen-bond acceptors (Lipinski definition) is 7. The second kappa shape index (κ2) is 14.8. The van der Waals surface area contributed by atoms with Crippen LogP contribution in [-0.2, 0) is 25.7 Å². The zero-order chi connectivity index (χ0) is 30.2. The summed E-state index contributed by atoms with van der Waals surface area (Å²) >= 11 is 4.54. The molecular formula is C30H37BrN4O6S. The minimum atomic E-state index is -0.996. The monoisotopic (exact) mass is 660 g/mol. The molecule has 12 heteroatoms. The quantitative estimate of drug-likeness (QED) is 0.244. The molecule has 2 bridgehead atoms. The van der Waals surface area contributed by atoms with Crippen LogP contribution >= 0.6 is 27.3 Å². The number of thiophene rings is 1. The summed E-state index contributed by atoms with van der Waals surface area (Å²) < 4.78 is 6.60. The van der Waals surface area contributed by atoms with Gasteiger partial charge in [0.25, 0.3) is 11.5 Å². The van der Waals surface area contributed by atoms with Crippen molar-refractivity contribution in [2.75, 3.05) is 12.4 Å². The Morgan fingerprint density at radius 3 is 2.79 bits per heavy atom. The highest BCUT2D eigenvalue weighted by atomic mass is 79.9. The Balaban J connectivity index is 1.42. The second-order valence-electron chi connectivity index (χ2n) is 11.1. The summed E-state index contributed by atoms with van der Waals surface area (Å²) in [6, 6.07) is 3.81. The van der Waals surface area contributed by atoms with Crippen molar-refractivity contribution in [3.8, 4) is 0 Å². The van der Waals surface area contributed by atoms with Crippen LogP contribution in [-0.4, -0.2) is 47.5 Å². The Labute approximate surface area is 257 Å². The molecule has 0 aromatic carbocycles. The number of ether oxygens (including phenoxy) is 1. The van der Waals surface area contributed by atoms with Gasteiger partial charge in [0, 0.05) is 28.2 Å². The van der Waals surface area contributed by atoms with Crippen molar-refractivity contribution in [3.05, 3.63) is 61.6 Å². The smallest absolute Gasteiger partial charge is 0.330 e. The van der Waals surface area contributed by atoms with Crippen molar-refractivity contribution < 1.29 is 23.9 Å². The van der Waals surface area contributed by atoms with E-state index in [-0.39, 0.29) is 30.6 Å². The van der Waals surface area contributed by atoms with Gasteiger partial charge in [-0.05, 0) is 84.0 Å². The fourth-order valence-corrected chi connectivity index (χ4v) is 7.40. The van der Waals surface area contributed by atoms with Gasteiger partial charge < -0.3 is 25.3 Å². The van der Waals surface area contributed by atoms with Gasteiger partial charge in [0.1, 0.15) is 18.3 Å². The van der Waals surface area contributed by atoms with E-state index in [0.717, 1.165) is 29.7 Å². The maximum atomic E-state index is 13.3. The van der Waals surface area contributed by atoms with Gasteiger partial charge in [-0.15, -0.1) is 11.3 Å². The first kappa shape index (κ1) is 31.7. The number of aromatic nitrogens is 1. The number of nitrogens with zero attached hydrogens (tertiary/aromatic N) is 1. The molecule has 2 saturated carbocycles. The van der Waals surface area contributed by atoms with Crippen molar-refractivity contribution in [1.82, 2.24) is 15.2 Å². The molecule has 2 aliphatic carbocycles. The molecule has 2 aromatic heterocycles. The van der Waals surface area contributed by atoms with E-state index in [1.165, 1.54) is 54.2 Å². The summed E-state index contributed by atoms with van der Waals surface area (Å²) in [5.41, 5.74) is -0.520. The minimum Gasteiger partial charge on any atom is -0.466 e. The number of carbonyl (C=O) groups is 4. The molecule has 0 radical (unpaired) electrons. The highest BCUT2D eigenvalue weighted by molar-refractivity contribution is 9.10. The predicted molar refractivity (Wildman–Crippen MR) is 164 cm³/mol. The topological polar surface area (TPSA) is 136 Å². The van der Waals surface area contributed by atoms with Crippen molar-refractivity contribution >= 4 is 56.6 Å². The van der Waals surface area contributed by atoms with E-state index in [2.05, 4.69) is 43.5 Å². The summed E-state index contributed by atoms with van der Waals surface area (Å²) in [6.07, 6.45) is 10.6. The van der Waals surface area contributed by atoms with Gasteiger partial charge in [0.15, 0.2) is 0 Å². The Morgan fingerprint density at radius 1 is 1.24 bits per heavy atom. The molecule has 3 N–H and O–H groups in total. The highest BCUT2D eigenvalue weighted by Crippen LogP contribution is 2.42. The molecule has 0 aliphatic heterocycles. The lowest BCUT2D eigenvalue weighted by atomic mass is 9.65. The van der Waals surface area contributed by atoms with Crippen LogP contribution in [0.3, 0.4) is 0 Å². The van der Waals surface area contributed by atoms with E-state index in [0.29, 0.717) is 23.1 Å². The summed E-state index contributed by atoms with van der Waals surface area (Å²) in [4.78, 5) is 64.1. The van der Waals surface area contributed by atoms with Crippen molar-refractivity contribution in [2.24, 2.45) is 17.8 Å². The van der Waals surface area contributed by atoms with Gasteiger partial charge in [-0.25, -0.2) is 4.79 Å². The van der Waals surface area contributed by atoms with Crippen molar-refractivity contribution in [1.29, 1.82) is 0 Å². The number of carbonyl (C=O) groups excluding carboxylic acids is 4. The summed E-state index contributed by atoms with van der Waals surface area (Å²) in [7, 11) is 1.26. The molecule has 3 amide bonds. The van der Waals surface area contributed by atoms with E-state index in [4.69, 9.17) is 0 Å². The van der Waals surface area contributed by atoms with Gasteiger partial charge in [0.2, 0.25) is 11.8 Å². The molecule has 226 valence electrons. The van der Waals surface area contributed by atoms with Crippen LogP contribution in [0, 0.1) is 17.8 Å². The molecular weight excluding hydrogens is 624 g/mol. The number of halogens is 1. The molecule has 0 spiro atoms. The predicted octanol–water partition coefficient (Wildman–Crippen LogP) is 4.25. The second-order valence-corrected chi connectivity index (χ2v) is 12.9. The summed E-state index contributed by atoms with van der Waals surface area (Å²) in [6.45, 7) is 2.03. The van der Waals surface area contributed by atoms with Crippen LogP contribution in [0.25, 0.3) is 0 Å². The van der Waals surface area contributed by atoms with Crippen LogP contribution < -0.4 is 21.5 Å². The zero-order valence-electron chi connectivity index (χ0n) is 23.8. The number of amides is 3. The molecule has 2 aliphatic rings. The number of allylic oxidation sites excluding steroid dienone is 1. The van der Waals surface area contributed by atoms with Gasteiger partial charge in [-0.2, -0.15) is 0 Å². The van der Waals surface area contributed by atoms with E-state index in [1.54, 1.807) is 23.6 Å². The van der Waals surface area contributed by atoms with E-state index < -0.39 is 29.4 Å². The summed E-state index contributed by atoms with van der Waals surface area (Å²) in [5, 5.41) is 10.3. The first-order valence-corrected chi connectivity index (χ1v) is 15.9. The Kier molecular flexibility index (Phi) is 11.1. The summed E-state index contributed by atoms with van der Waals surface area (Å²) in [5.74, 6) is -0.170. The Hall–Kier alpha value is -3.25. The molecule has 4 rings (SSSR count). The lowest BCUT2D eigenvalue weighted by Gasteiger charge is -2.44. The largest absolute Gasteiger partial charge is 0.466 e. The van der Waals surface area contributed by atoms with Crippen molar-refractivity contribution in [3.63, 3.8) is 0 Å². The van der Waals surface area contributed by atoms with Crippen LogP contribution in [0.2, 0.25) is 0 Å². The number of anilines is 1. The molecule has 5 unspecified atom stereocenters. The third kappa shape index (κ3) is 8.41. The average molecular weight is 662 g/mol. The standard InChI is InChI=1S/C30H37BrN4O6S/c1-18-13-19-7-5-8-20(14-19)27(18)34-25(36)16-35-12-6-10-23(30(35)40)33-28(38)22(9-3-4-11-26(37)41-2)32-29(39)24-15-21(31)17-42-24/h4,6,10-12,15,17-20,22,27H,3,5,7-9,13-14,16H2,1-2H3,(H,32,39)(H,33,38)(H,34,36)/b11-4+. The van der Waals surface area contributed by atoms with Crippen LogP contribution in [0.5, 0.6) is 0 Å². The normalized spacial score (nSPS) is 22.3. The number of esters is 1. The maximum Gasteiger partial charge on any atom is 0.330 e. The van der Waals surface area contributed by atoms with E-state index in [1.807, 2.05) is 0 Å². The Morgan fingerprint density at radius 2 is 2.05 bits per heavy atom. The molecule has 2 fully saturated rings. The maximum absolute atomic E-state index is 13.3. The van der Waals surface area contributed by atoms with Gasteiger partial charge in [-0.1, -0.05) is 25.8 Å². The number of hydrogen-bond donors (Lipinski definition) is 3. The molecule has 10 nitrogen and oxygen atoms in total. The third-order valence-electron chi connectivity index (χ3n) is 8.06. The van der Waals surface area contributed by atoms with Gasteiger partial charge in [0.05, 0.1) is 12.0 Å². The van der Waals surface area contributed by atoms with Crippen LogP contribution in [0.4, 0.5) is 5.69 Å². The molecule has 0 saturated heterocycles. The van der Waals surface area contributed by atoms with Crippen LogP contribution in [0.15, 0.2) is 51.2 Å². The number of methoxy groups -OCH3 is 1. The Bertz CT molecular complexity index is 1390. The molecule has 42 heavy (non-hydrogen) atoms. The highest BCUT2D eigenvalue weighted by Gasteiger charge is 2.38. The van der Waals surface area contributed by atoms with Gasteiger partial charge in [-0.3, -0.25) is 19.2 Å². The molecule has 2 aromatic rings. The molecule has 5 atom stereocenters. The molecule has 2 heterocycles. The lowest BCUT2D eigenvalue weighted by Crippen LogP contribution is -2.50. The minimum absolute atomic E-state index is 0.000299. The average Bonchev–Trinajstić information content (AvgIpc) is 3.41. The number of nitrogens with one attached hydrogen (secondary N) is 3. The van der Waals surface area contributed by atoms with Crippen LogP contribution in [0.1, 0.15) is 61.5 Å². The van der Waals surface area contributed by atoms with E-state index in [9.17, 15) is 24.0 Å².